The minimum absolute atomic E-state index is 0.000130. The van der Waals surface area contributed by atoms with Gasteiger partial charge in [-0.25, -0.2) is 4.39 Å². The molecule has 5 rings (SSSR count). The third-order valence-corrected chi connectivity index (χ3v) is 9.09. The van der Waals surface area contributed by atoms with Gasteiger partial charge in [-0.15, -0.1) is 0 Å². The molecule has 6 atom stereocenters. The highest BCUT2D eigenvalue weighted by Crippen LogP contribution is 2.63. The first-order valence-electron chi connectivity index (χ1n) is 13.3. The lowest BCUT2D eigenvalue weighted by molar-refractivity contribution is -0.145. The van der Waals surface area contributed by atoms with Gasteiger partial charge in [-0.2, -0.15) is 0 Å². The van der Waals surface area contributed by atoms with E-state index < -0.39 is 18.3 Å². The number of benzene rings is 1. The highest BCUT2D eigenvalue weighted by atomic mass is 19.1. The lowest BCUT2D eigenvalue weighted by Crippen LogP contribution is -2.41. The Morgan fingerprint density at radius 3 is 2.50 bits per heavy atom. The Kier molecular flexibility index (Phi) is 6.50. The first-order chi connectivity index (χ1) is 16.9. The topological polar surface area (TPSA) is 54.0 Å². The molecular weight excluding hydrogens is 458 g/mol. The first-order valence-corrected chi connectivity index (χ1v) is 13.3. The fraction of sp³-hybridized carbons (Fsp3) is 0.621. The van der Waals surface area contributed by atoms with Crippen LogP contribution in [0.3, 0.4) is 0 Å². The van der Waals surface area contributed by atoms with E-state index in [-0.39, 0.29) is 48.2 Å². The largest absolute Gasteiger partial charge is 0.494 e. The predicted octanol–water partition coefficient (Wildman–Crippen LogP) is 4.98. The molecule has 194 valence electrons. The Hall–Kier alpha value is -1.96. The van der Waals surface area contributed by atoms with Gasteiger partial charge in [-0.05, 0) is 81.5 Å². The van der Waals surface area contributed by atoms with Crippen LogP contribution >= 0.6 is 0 Å². The van der Waals surface area contributed by atoms with E-state index in [0.717, 1.165) is 11.9 Å². The number of ether oxygens (including phenoxy) is 2. The zero-order valence-electron chi connectivity index (χ0n) is 22.5. The van der Waals surface area contributed by atoms with Crippen LogP contribution in [0.15, 0.2) is 41.5 Å². The van der Waals surface area contributed by atoms with Crippen molar-refractivity contribution < 1.29 is 28.0 Å². The maximum atomic E-state index is 14.8. The molecule has 0 radical (unpaired) electrons. The van der Waals surface area contributed by atoms with Crippen LogP contribution in [0.4, 0.5) is 4.39 Å². The van der Waals surface area contributed by atoms with E-state index in [1.54, 1.807) is 12.1 Å². The van der Waals surface area contributed by atoms with Crippen molar-refractivity contribution in [2.75, 3.05) is 6.61 Å². The summed E-state index contributed by atoms with van der Waals surface area (Å²) in [5.41, 5.74) is 2.93. The Morgan fingerprint density at radius 2 is 1.83 bits per heavy atom. The number of carbonyl (C=O) groups excluding carboxylic acids is 1. The van der Waals surface area contributed by atoms with Crippen LogP contribution in [0.25, 0.3) is 0 Å². The molecule has 2 saturated carbocycles. The number of rotatable bonds is 6. The zero-order chi connectivity index (χ0) is 26.0. The average Bonchev–Trinajstić information content (AvgIpc) is 3.37. The van der Waals surface area contributed by atoms with Crippen molar-refractivity contribution in [1.82, 2.24) is 0 Å². The van der Waals surface area contributed by atoms with Gasteiger partial charge in [0.15, 0.2) is 0 Å². The molecule has 1 saturated heterocycles. The second kappa shape index (κ2) is 9.11. The van der Waals surface area contributed by atoms with Crippen molar-refractivity contribution in [3.8, 4) is 0 Å². The molecule has 7 heteroatoms. The second-order valence-electron chi connectivity index (χ2n) is 11.9. The van der Waals surface area contributed by atoms with Crippen LogP contribution in [-0.2, 0) is 30.2 Å². The predicted molar refractivity (Wildman–Crippen MR) is 137 cm³/mol. The fourth-order valence-corrected chi connectivity index (χ4v) is 5.88. The summed E-state index contributed by atoms with van der Waals surface area (Å²) in [5, 5.41) is 0. The normalized spacial score (nSPS) is 33.8. The highest BCUT2D eigenvalue weighted by molar-refractivity contribution is 6.62. The Balaban J connectivity index is 1.29. The summed E-state index contributed by atoms with van der Waals surface area (Å²) in [4.78, 5) is 12.3. The number of esters is 1. The Bertz CT molecular complexity index is 1090. The van der Waals surface area contributed by atoms with Gasteiger partial charge in [-0.3, -0.25) is 4.79 Å². The summed E-state index contributed by atoms with van der Waals surface area (Å²) >= 11 is 0. The molecule has 6 unspecified atom stereocenters. The van der Waals surface area contributed by atoms with Crippen molar-refractivity contribution in [3.63, 3.8) is 0 Å². The molecule has 3 fully saturated rings. The molecule has 0 N–H and O–H groups in total. The van der Waals surface area contributed by atoms with Crippen LogP contribution in [0.2, 0.25) is 0 Å². The molecule has 36 heavy (non-hydrogen) atoms. The molecule has 5 nitrogen and oxygen atoms in total. The average molecular weight is 496 g/mol. The molecule has 0 aromatic heterocycles. The molecule has 0 amide bonds. The maximum Gasteiger partial charge on any atom is 0.494 e. The lowest BCUT2D eigenvalue weighted by Gasteiger charge is -2.32. The van der Waals surface area contributed by atoms with Crippen molar-refractivity contribution >= 4 is 18.6 Å². The van der Waals surface area contributed by atoms with Gasteiger partial charge in [-0.1, -0.05) is 38.1 Å². The number of carbonyl (C=O) groups is 1. The molecule has 1 aromatic carbocycles. The Morgan fingerprint density at radius 1 is 1.14 bits per heavy atom. The van der Waals surface area contributed by atoms with Gasteiger partial charge in [0.2, 0.25) is 0 Å². The lowest BCUT2D eigenvalue weighted by atomic mass is 9.78. The zero-order valence-corrected chi connectivity index (χ0v) is 22.5. The quantitative estimate of drug-likeness (QED) is 0.411. The highest BCUT2D eigenvalue weighted by Gasteiger charge is 2.62. The van der Waals surface area contributed by atoms with E-state index in [2.05, 4.69) is 26.0 Å². The van der Waals surface area contributed by atoms with Gasteiger partial charge in [0, 0.05) is 11.5 Å². The van der Waals surface area contributed by atoms with E-state index >= 15 is 0 Å². The van der Waals surface area contributed by atoms with Gasteiger partial charge in [0.1, 0.15) is 5.82 Å². The monoisotopic (exact) mass is 496 g/mol. The Labute approximate surface area is 214 Å². The van der Waals surface area contributed by atoms with Crippen LogP contribution in [-0.4, -0.2) is 37.0 Å². The van der Waals surface area contributed by atoms with Gasteiger partial charge >= 0.3 is 13.1 Å². The van der Waals surface area contributed by atoms with Crippen molar-refractivity contribution in [3.05, 3.63) is 52.9 Å². The summed E-state index contributed by atoms with van der Waals surface area (Å²) in [7, 11) is -0.544. The minimum atomic E-state index is -0.544. The number of allylic oxidation sites excluding steroid dienone is 3. The van der Waals surface area contributed by atoms with Gasteiger partial charge in [0.05, 0.1) is 36.4 Å². The molecule has 1 aliphatic heterocycles. The summed E-state index contributed by atoms with van der Waals surface area (Å²) in [5.74, 6) is 0.762. The summed E-state index contributed by atoms with van der Waals surface area (Å²) in [6.45, 7) is 14.8. The molecular formula is C29H38BFO5. The SMILES string of the molecule is CCOC(=O)C1C2CC3=CC(OCc4cc(B5OC(C)(C)C(C)(C)O5)ccc4F)C(C)C(C)C=C3C21. The summed E-state index contributed by atoms with van der Waals surface area (Å²) in [6, 6.07) is 4.99. The third kappa shape index (κ3) is 4.37. The van der Waals surface area contributed by atoms with Crippen LogP contribution in [0.5, 0.6) is 0 Å². The number of hydrogen-bond donors (Lipinski definition) is 0. The molecule has 0 bridgehead atoms. The smallest absolute Gasteiger partial charge is 0.466 e. The first kappa shape index (κ1) is 25.7. The van der Waals surface area contributed by atoms with E-state index in [9.17, 15) is 9.18 Å². The molecule has 0 spiro atoms. The van der Waals surface area contributed by atoms with E-state index in [4.69, 9.17) is 18.8 Å². The second-order valence-corrected chi connectivity index (χ2v) is 11.9. The van der Waals surface area contributed by atoms with Crippen LogP contribution in [0, 0.1) is 35.4 Å². The molecule has 3 aliphatic carbocycles. The maximum absolute atomic E-state index is 14.8. The van der Waals surface area contributed by atoms with E-state index in [0.29, 0.717) is 18.1 Å². The minimum Gasteiger partial charge on any atom is -0.466 e. The summed E-state index contributed by atoms with van der Waals surface area (Å²) < 4.78 is 38.7. The van der Waals surface area contributed by atoms with Crippen molar-refractivity contribution in [1.29, 1.82) is 0 Å². The number of halogens is 1. The van der Waals surface area contributed by atoms with Gasteiger partial charge in [0.25, 0.3) is 0 Å². The molecule has 1 heterocycles. The van der Waals surface area contributed by atoms with Gasteiger partial charge < -0.3 is 18.8 Å². The van der Waals surface area contributed by atoms with Crippen LogP contribution in [0.1, 0.15) is 60.5 Å². The number of hydrogen-bond acceptors (Lipinski definition) is 5. The van der Waals surface area contributed by atoms with E-state index in [1.807, 2.05) is 34.6 Å². The van der Waals surface area contributed by atoms with Crippen molar-refractivity contribution in [2.45, 2.75) is 78.8 Å². The summed E-state index contributed by atoms with van der Waals surface area (Å²) in [6.07, 6.45) is 5.28. The third-order valence-electron chi connectivity index (χ3n) is 9.09. The fourth-order valence-electron chi connectivity index (χ4n) is 5.88. The number of fused-ring (bicyclic) bond motifs is 3. The van der Waals surface area contributed by atoms with Crippen molar-refractivity contribution in [2.24, 2.45) is 29.6 Å². The van der Waals surface area contributed by atoms with E-state index in [1.165, 1.54) is 17.2 Å². The molecule has 4 aliphatic rings. The molecule has 1 aromatic rings. The standard InChI is InChI=1S/C29H38BFO5/c1-8-33-27(32)26-22-13-18-14-24(17(3)16(2)11-21(18)25(22)26)34-15-19-12-20(9-10-23(19)31)30-35-28(4,5)29(6,7)36-30/h9-12,14,16-17,22,24-26H,8,13,15H2,1-7H3. The van der Waals surface area contributed by atoms with Crippen LogP contribution < -0.4 is 5.46 Å².